The minimum atomic E-state index is -1.06. The van der Waals surface area contributed by atoms with Crippen molar-refractivity contribution < 1.29 is 34.3 Å². The van der Waals surface area contributed by atoms with Gasteiger partial charge in [-0.3, -0.25) is 0 Å². The Morgan fingerprint density at radius 3 is 2.42 bits per heavy atom. The van der Waals surface area contributed by atoms with E-state index in [1.165, 1.54) is 12.1 Å². The summed E-state index contributed by atoms with van der Waals surface area (Å²) in [6, 6.07) is 7.75. The molecule has 0 bridgehead atoms. The molecule has 0 aromatic heterocycles. The van der Waals surface area contributed by atoms with Crippen LogP contribution in [0.5, 0.6) is 23.0 Å². The van der Waals surface area contributed by atoms with Crippen LogP contribution in [0.3, 0.4) is 0 Å². The number of aromatic hydroxyl groups is 2. The van der Waals surface area contributed by atoms with Gasteiger partial charge >= 0.3 is 0 Å². The number of benzene rings is 2. The Balaban J connectivity index is 1.75. The molecule has 1 saturated heterocycles. The second kappa shape index (κ2) is 5.86. The molecule has 4 rings (SSSR count). The SMILES string of the molecule is Oc1cc(C2OCCO2)c(C(O)c2ccc3c(c2)OCO3)cc1O. The van der Waals surface area contributed by atoms with E-state index in [2.05, 4.69) is 0 Å². The minimum Gasteiger partial charge on any atom is -0.504 e. The van der Waals surface area contributed by atoms with Crippen LogP contribution < -0.4 is 9.47 Å². The fraction of sp³-hybridized carbons (Fsp3) is 0.294. The maximum absolute atomic E-state index is 10.8. The summed E-state index contributed by atoms with van der Waals surface area (Å²) in [5, 5.41) is 30.4. The summed E-state index contributed by atoms with van der Waals surface area (Å²) in [4.78, 5) is 0. The Labute approximate surface area is 137 Å². The summed E-state index contributed by atoms with van der Waals surface area (Å²) >= 11 is 0. The fourth-order valence-electron chi connectivity index (χ4n) is 2.85. The van der Waals surface area contributed by atoms with Crippen molar-refractivity contribution in [1.29, 1.82) is 0 Å². The van der Waals surface area contributed by atoms with Gasteiger partial charge in [0.25, 0.3) is 0 Å². The van der Waals surface area contributed by atoms with E-state index < -0.39 is 12.4 Å². The summed E-state index contributed by atoms with van der Waals surface area (Å²) < 4.78 is 21.5. The van der Waals surface area contributed by atoms with Crippen molar-refractivity contribution >= 4 is 0 Å². The zero-order chi connectivity index (χ0) is 16.7. The average Bonchev–Trinajstić information content (AvgIpc) is 3.26. The van der Waals surface area contributed by atoms with Crippen molar-refractivity contribution in [2.45, 2.75) is 12.4 Å². The number of fused-ring (bicyclic) bond motifs is 1. The predicted molar refractivity (Wildman–Crippen MR) is 81.0 cm³/mol. The van der Waals surface area contributed by atoms with Crippen LogP contribution in [-0.2, 0) is 9.47 Å². The molecule has 7 heteroatoms. The Morgan fingerprint density at radius 1 is 0.917 bits per heavy atom. The van der Waals surface area contributed by atoms with Gasteiger partial charge in [0, 0.05) is 5.56 Å². The molecule has 0 radical (unpaired) electrons. The van der Waals surface area contributed by atoms with Crippen LogP contribution >= 0.6 is 0 Å². The molecule has 1 atom stereocenters. The van der Waals surface area contributed by atoms with Crippen LogP contribution in [0.1, 0.15) is 29.1 Å². The molecule has 24 heavy (non-hydrogen) atoms. The van der Waals surface area contributed by atoms with Crippen LogP contribution in [0.25, 0.3) is 0 Å². The Kier molecular flexibility index (Phi) is 3.68. The van der Waals surface area contributed by atoms with Crippen molar-refractivity contribution in [3.8, 4) is 23.0 Å². The Morgan fingerprint density at radius 2 is 1.62 bits per heavy atom. The summed E-state index contributed by atoms with van der Waals surface area (Å²) in [6.07, 6.45) is -1.76. The fourth-order valence-corrected chi connectivity index (χ4v) is 2.85. The molecule has 2 aliphatic heterocycles. The highest BCUT2D eigenvalue weighted by molar-refractivity contribution is 5.51. The smallest absolute Gasteiger partial charge is 0.231 e. The summed E-state index contributed by atoms with van der Waals surface area (Å²) in [6.45, 7) is 0.988. The topological polar surface area (TPSA) is 97.6 Å². The van der Waals surface area contributed by atoms with Crippen molar-refractivity contribution in [2.24, 2.45) is 0 Å². The van der Waals surface area contributed by atoms with Crippen LogP contribution in [0.15, 0.2) is 30.3 Å². The molecular weight excluding hydrogens is 316 g/mol. The van der Waals surface area contributed by atoms with E-state index in [-0.39, 0.29) is 18.3 Å². The van der Waals surface area contributed by atoms with Crippen LogP contribution in [0, 0.1) is 0 Å². The number of aliphatic hydroxyl groups is 1. The van der Waals surface area contributed by atoms with Crippen molar-refractivity contribution in [3.63, 3.8) is 0 Å². The standard InChI is InChI=1S/C17H16O7/c18-12-6-10(11(7-13(12)19)17-21-3-4-22-17)16(20)9-1-2-14-15(5-9)24-8-23-14/h1-2,5-7,16-20H,3-4,8H2. The number of rotatable bonds is 3. The normalized spacial score (nSPS) is 18.0. The maximum atomic E-state index is 10.8. The highest BCUT2D eigenvalue weighted by Crippen LogP contribution is 2.41. The van der Waals surface area contributed by atoms with Gasteiger partial charge in [0.1, 0.15) is 6.10 Å². The molecule has 0 aliphatic carbocycles. The van der Waals surface area contributed by atoms with Gasteiger partial charge in [-0.1, -0.05) is 6.07 Å². The highest BCUT2D eigenvalue weighted by atomic mass is 16.7. The molecule has 2 aromatic carbocycles. The summed E-state index contributed by atoms with van der Waals surface area (Å²) in [5.74, 6) is 0.531. The van der Waals surface area contributed by atoms with E-state index in [1.54, 1.807) is 18.2 Å². The largest absolute Gasteiger partial charge is 0.504 e. The van der Waals surface area contributed by atoms with E-state index >= 15 is 0 Å². The quantitative estimate of drug-likeness (QED) is 0.739. The molecule has 0 saturated carbocycles. The van der Waals surface area contributed by atoms with Gasteiger partial charge in [-0.25, -0.2) is 0 Å². The molecule has 1 fully saturated rings. The Bertz CT molecular complexity index is 768. The lowest BCUT2D eigenvalue weighted by molar-refractivity contribution is -0.0458. The lowest BCUT2D eigenvalue weighted by Gasteiger charge is -2.20. The van der Waals surface area contributed by atoms with E-state index in [0.29, 0.717) is 41.4 Å². The lowest BCUT2D eigenvalue weighted by atomic mass is 9.95. The first kappa shape index (κ1) is 15.1. The highest BCUT2D eigenvalue weighted by Gasteiger charge is 2.27. The molecule has 1 unspecified atom stereocenters. The van der Waals surface area contributed by atoms with E-state index in [4.69, 9.17) is 18.9 Å². The van der Waals surface area contributed by atoms with Crippen LogP contribution in [0.4, 0.5) is 0 Å². The summed E-state index contributed by atoms with van der Waals surface area (Å²) in [7, 11) is 0. The van der Waals surface area contributed by atoms with Gasteiger partial charge in [0.15, 0.2) is 29.3 Å². The minimum absolute atomic E-state index is 0.143. The molecular formula is C17H16O7. The third kappa shape index (κ3) is 2.52. The number of aliphatic hydroxyl groups excluding tert-OH is 1. The number of ether oxygens (including phenoxy) is 4. The number of hydrogen-bond acceptors (Lipinski definition) is 7. The predicted octanol–water partition coefficient (Wildman–Crippen LogP) is 1.95. The monoisotopic (exact) mass is 332 g/mol. The molecule has 2 aromatic rings. The number of phenols is 2. The maximum Gasteiger partial charge on any atom is 0.231 e. The van der Waals surface area contributed by atoms with E-state index in [1.807, 2.05) is 0 Å². The van der Waals surface area contributed by atoms with Gasteiger partial charge in [0.05, 0.1) is 13.2 Å². The molecule has 2 aliphatic rings. The second-order valence-corrected chi connectivity index (χ2v) is 5.56. The van der Waals surface area contributed by atoms with Gasteiger partial charge in [-0.2, -0.15) is 0 Å². The third-order valence-electron chi connectivity index (χ3n) is 4.06. The second-order valence-electron chi connectivity index (χ2n) is 5.56. The first-order valence-corrected chi connectivity index (χ1v) is 7.50. The lowest BCUT2D eigenvalue weighted by Crippen LogP contribution is -2.08. The van der Waals surface area contributed by atoms with E-state index in [0.717, 1.165) is 0 Å². The van der Waals surface area contributed by atoms with Crippen molar-refractivity contribution in [1.82, 2.24) is 0 Å². The van der Waals surface area contributed by atoms with Crippen LogP contribution in [-0.4, -0.2) is 35.3 Å². The molecule has 0 spiro atoms. The number of phenolic OH excluding ortho intramolecular Hbond substituents is 2. The average molecular weight is 332 g/mol. The van der Waals surface area contributed by atoms with E-state index in [9.17, 15) is 15.3 Å². The Hall–Kier alpha value is -2.48. The van der Waals surface area contributed by atoms with Gasteiger partial charge in [0.2, 0.25) is 6.79 Å². The number of hydrogen-bond donors (Lipinski definition) is 3. The zero-order valence-electron chi connectivity index (χ0n) is 12.6. The van der Waals surface area contributed by atoms with Gasteiger partial charge in [-0.05, 0) is 35.4 Å². The zero-order valence-corrected chi connectivity index (χ0v) is 12.6. The molecule has 2 heterocycles. The molecule has 126 valence electrons. The third-order valence-corrected chi connectivity index (χ3v) is 4.06. The molecule has 3 N–H and O–H groups in total. The summed E-state index contributed by atoms with van der Waals surface area (Å²) in [5.41, 5.74) is 1.41. The molecule has 0 amide bonds. The van der Waals surface area contributed by atoms with Crippen molar-refractivity contribution in [2.75, 3.05) is 20.0 Å². The van der Waals surface area contributed by atoms with Gasteiger partial charge < -0.3 is 34.3 Å². The van der Waals surface area contributed by atoms with Crippen molar-refractivity contribution in [3.05, 3.63) is 47.0 Å². The first-order chi connectivity index (χ1) is 11.6. The van der Waals surface area contributed by atoms with Gasteiger partial charge in [-0.15, -0.1) is 0 Å². The first-order valence-electron chi connectivity index (χ1n) is 7.50. The molecule has 7 nitrogen and oxygen atoms in total. The van der Waals surface area contributed by atoms with Crippen LogP contribution in [0.2, 0.25) is 0 Å².